The fourth-order valence-electron chi connectivity index (χ4n) is 3.48. The maximum Gasteiger partial charge on any atom is 0.182 e. The summed E-state index contributed by atoms with van der Waals surface area (Å²) in [4.78, 5) is 19.8. The van der Waals surface area contributed by atoms with Gasteiger partial charge in [-0.05, 0) is 55.7 Å². The van der Waals surface area contributed by atoms with E-state index in [9.17, 15) is 4.79 Å². The van der Waals surface area contributed by atoms with Crippen molar-refractivity contribution in [3.8, 4) is 11.5 Å². The number of hydrogen-bond acceptors (Lipinski definition) is 5. The molecule has 2 aliphatic heterocycles. The Balaban J connectivity index is 0.00000225. The van der Waals surface area contributed by atoms with Gasteiger partial charge in [0.25, 0.3) is 0 Å². The average Bonchev–Trinajstić information content (AvgIpc) is 2.72. The molecule has 4 rings (SSSR count). The van der Waals surface area contributed by atoms with Gasteiger partial charge < -0.3 is 14.4 Å². The molecule has 2 aromatic rings. The first kappa shape index (κ1) is 20.4. The molecule has 6 heteroatoms. The molecule has 148 valence electrons. The summed E-state index contributed by atoms with van der Waals surface area (Å²) in [5.41, 5.74) is 2.82. The highest BCUT2D eigenvalue weighted by atomic mass is 79.9. The van der Waals surface area contributed by atoms with Gasteiger partial charge in [-0.3, -0.25) is 9.79 Å². The molecule has 0 atom stereocenters. The van der Waals surface area contributed by atoms with Crippen LogP contribution in [0.2, 0.25) is 0 Å². The van der Waals surface area contributed by atoms with Gasteiger partial charge in [-0.15, -0.1) is 17.0 Å². The van der Waals surface area contributed by atoms with Crippen LogP contribution in [0.25, 0.3) is 0 Å². The number of carbonyl (C=O) groups excluding carboxylic acids is 1. The Labute approximate surface area is 176 Å². The predicted octanol–water partition coefficient (Wildman–Crippen LogP) is 4.62. The van der Waals surface area contributed by atoms with Crippen molar-refractivity contribution in [2.75, 3.05) is 31.2 Å². The Morgan fingerprint density at radius 2 is 1.89 bits per heavy atom. The van der Waals surface area contributed by atoms with Crippen molar-refractivity contribution in [2.45, 2.75) is 26.2 Å². The molecule has 0 radical (unpaired) electrons. The second-order valence-corrected chi connectivity index (χ2v) is 6.96. The number of anilines is 1. The lowest BCUT2D eigenvalue weighted by molar-refractivity contribution is 0.100. The first-order chi connectivity index (χ1) is 13.2. The van der Waals surface area contributed by atoms with Crippen LogP contribution in [0.4, 0.5) is 5.69 Å². The van der Waals surface area contributed by atoms with Crippen molar-refractivity contribution in [2.24, 2.45) is 4.99 Å². The molecule has 0 saturated carbocycles. The van der Waals surface area contributed by atoms with Gasteiger partial charge in [0.05, 0.1) is 6.54 Å². The van der Waals surface area contributed by atoms with Gasteiger partial charge in [-0.1, -0.05) is 12.1 Å². The van der Waals surface area contributed by atoms with E-state index in [1.807, 2.05) is 24.3 Å². The lowest BCUT2D eigenvalue weighted by Crippen LogP contribution is -2.37. The molecule has 0 bridgehead atoms. The smallest absolute Gasteiger partial charge is 0.182 e. The number of amidine groups is 1. The first-order valence-corrected chi connectivity index (χ1v) is 9.51. The molecule has 0 N–H and O–H groups in total. The first-order valence-electron chi connectivity index (χ1n) is 9.51. The number of halogens is 1. The molecular formula is C22H25BrN2O3. The Morgan fingerprint density at radius 1 is 1.07 bits per heavy atom. The summed E-state index contributed by atoms with van der Waals surface area (Å²) in [6, 6.07) is 13.6. The van der Waals surface area contributed by atoms with Crippen molar-refractivity contribution < 1.29 is 14.3 Å². The van der Waals surface area contributed by atoms with Gasteiger partial charge in [0.15, 0.2) is 17.3 Å². The normalized spacial score (nSPS) is 15.2. The molecule has 0 saturated heterocycles. The van der Waals surface area contributed by atoms with Gasteiger partial charge in [-0.25, -0.2) is 0 Å². The van der Waals surface area contributed by atoms with Crippen LogP contribution >= 0.6 is 17.0 Å². The third-order valence-electron chi connectivity index (χ3n) is 4.89. The number of fused-ring (bicyclic) bond motifs is 1. The quantitative estimate of drug-likeness (QED) is 0.645. The lowest BCUT2D eigenvalue weighted by atomic mass is 10.1. The maximum atomic E-state index is 13.0. The fraction of sp³-hybridized carbons (Fsp3) is 0.364. The highest BCUT2D eigenvalue weighted by molar-refractivity contribution is 8.93. The summed E-state index contributed by atoms with van der Waals surface area (Å²) in [7, 11) is 0. The minimum atomic E-state index is 0. The van der Waals surface area contributed by atoms with Gasteiger partial charge in [0, 0.05) is 24.2 Å². The summed E-state index contributed by atoms with van der Waals surface area (Å²) in [5, 5.41) is 0. The Morgan fingerprint density at radius 3 is 2.64 bits per heavy atom. The van der Waals surface area contributed by atoms with Crippen LogP contribution in [0.5, 0.6) is 11.5 Å². The number of aliphatic imine (C=N–C) groups is 1. The third-order valence-corrected chi connectivity index (χ3v) is 4.89. The summed E-state index contributed by atoms with van der Waals surface area (Å²) in [6.07, 6.45) is 3.13. The Kier molecular flexibility index (Phi) is 6.73. The number of aryl methyl sites for hydroxylation is 1. The summed E-state index contributed by atoms with van der Waals surface area (Å²) in [5.74, 6) is 2.38. The fourth-order valence-corrected chi connectivity index (χ4v) is 3.48. The van der Waals surface area contributed by atoms with Gasteiger partial charge in [-0.2, -0.15) is 0 Å². The maximum absolute atomic E-state index is 13.0. The number of benzene rings is 2. The van der Waals surface area contributed by atoms with Crippen LogP contribution in [0.1, 0.15) is 35.2 Å². The molecule has 0 unspecified atom stereocenters. The SMILES string of the molecule is Br.Cc1cccc(N(CC(=O)c2ccc3c(c2)OCCO3)C2=NCCCC2)c1. The van der Waals surface area contributed by atoms with E-state index in [0.717, 1.165) is 37.3 Å². The topological polar surface area (TPSA) is 51.1 Å². The van der Waals surface area contributed by atoms with Crippen molar-refractivity contribution in [3.63, 3.8) is 0 Å². The molecule has 28 heavy (non-hydrogen) atoms. The van der Waals surface area contributed by atoms with Crippen molar-refractivity contribution in [3.05, 3.63) is 53.6 Å². The highest BCUT2D eigenvalue weighted by Gasteiger charge is 2.21. The van der Waals surface area contributed by atoms with E-state index >= 15 is 0 Å². The van der Waals surface area contributed by atoms with E-state index < -0.39 is 0 Å². The van der Waals surface area contributed by atoms with Crippen LogP contribution in [0.15, 0.2) is 47.5 Å². The largest absolute Gasteiger partial charge is 0.486 e. The third kappa shape index (κ3) is 4.55. The number of ether oxygens (including phenoxy) is 2. The molecule has 2 heterocycles. The van der Waals surface area contributed by atoms with Crippen molar-refractivity contribution >= 4 is 34.3 Å². The standard InChI is InChI=1S/C22H24N2O3.BrH/c1-16-5-4-6-18(13-16)24(22-7-2-3-10-23-22)15-19(25)17-8-9-20-21(14-17)27-12-11-26-20;/h4-6,8-9,13-14H,2-3,7,10-12,15H2,1H3;1H. The number of nitrogens with zero attached hydrogens (tertiary/aromatic N) is 2. The van der Waals surface area contributed by atoms with E-state index in [0.29, 0.717) is 30.3 Å². The monoisotopic (exact) mass is 444 g/mol. The van der Waals surface area contributed by atoms with Crippen LogP contribution in [0.3, 0.4) is 0 Å². The van der Waals surface area contributed by atoms with Crippen molar-refractivity contribution in [1.29, 1.82) is 0 Å². The van der Waals surface area contributed by atoms with Gasteiger partial charge in [0.2, 0.25) is 0 Å². The number of Topliss-reactive ketones (excluding diaryl/α,β-unsaturated/α-hetero) is 1. The molecule has 5 nitrogen and oxygen atoms in total. The molecule has 0 aliphatic carbocycles. The summed E-state index contributed by atoms with van der Waals surface area (Å²) < 4.78 is 11.2. The summed E-state index contributed by atoms with van der Waals surface area (Å²) in [6.45, 7) is 4.21. The molecule has 0 fully saturated rings. The number of carbonyl (C=O) groups is 1. The van der Waals surface area contributed by atoms with Gasteiger partial charge >= 0.3 is 0 Å². The van der Waals surface area contributed by atoms with Crippen LogP contribution < -0.4 is 14.4 Å². The predicted molar refractivity (Wildman–Crippen MR) is 117 cm³/mol. The van der Waals surface area contributed by atoms with E-state index in [-0.39, 0.29) is 29.3 Å². The molecule has 0 amide bonds. The molecule has 0 aromatic heterocycles. The minimum Gasteiger partial charge on any atom is -0.486 e. The molecular weight excluding hydrogens is 420 g/mol. The van der Waals surface area contributed by atoms with E-state index in [1.54, 1.807) is 6.07 Å². The van der Waals surface area contributed by atoms with E-state index in [1.165, 1.54) is 5.56 Å². The van der Waals surface area contributed by atoms with Crippen molar-refractivity contribution in [1.82, 2.24) is 0 Å². The average molecular weight is 445 g/mol. The zero-order valence-electron chi connectivity index (χ0n) is 16.0. The minimum absolute atomic E-state index is 0. The molecule has 2 aliphatic rings. The Hall–Kier alpha value is -2.34. The zero-order valence-corrected chi connectivity index (χ0v) is 17.7. The Bertz CT molecular complexity index is 882. The zero-order chi connectivity index (χ0) is 18.6. The van der Waals surface area contributed by atoms with E-state index in [2.05, 4.69) is 24.0 Å². The second kappa shape index (κ2) is 9.24. The summed E-state index contributed by atoms with van der Waals surface area (Å²) >= 11 is 0. The van der Waals surface area contributed by atoms with E-state index in [4.69, 9.17) is 14.5 Å². The van der Waals surface area contributed by atoms with Crippen LogP contribution in [-0.2, 0) is 0 Å². The number of hydrogen-bond donors (Lipinski definition) is 0. The van der Waals surface area contributed by atoms with Gasteiger partial charge in [0.1, 0.15) is 19.0 Å². The second-order valence-electron chi connectivity index (χ2n) is 6.96. The lowest BCUT2D eigenvalue weighted by Gasteiger charge is -2.28. The molecule has 2 aromatic carbocycles. The number of ketones is 1. The van der Waals surface area contributed by atoms with Crippen LogP contribution in [-0.4, -0.2) is 37.9 Å². The number of rotatable bonds is 4. The molecule has 0 spiro atoms. The highest BCUT2D eigenvalue weighted by Crippen LogP contribution is 2.31. The van der Waals surface area contributed by atoms with Crippen LogP contribution in [0, 0.1) is 6.92 Å².